The van der Waals surface area contributed by atoms with Crippen molar-refractivity contribution in [1.29, 1.82) is 0 Å². The Labute approximate surface area is 103 Å². The zero-order chi connectivity index (χ0) is 12.1. The van der Waals surface area contributed by atoms with E-state index in [1.807, 2.05) is 0 Å². The number of ether oxygens (including phenoxy) is 1. The molecule has 0 saturated heterocycles. The maximum absolute atomic E-state index is 5.39. The van der Waals surface area contributed by atoms with Crippen molar-refractivity contribution in [3.63, 3.8) is 0 Å². The van der Waals surface area contributed by atoms with Crippen molar-refractivity contribution in [2.24, 2.45) is 0 Å². The Kier molecular flexibility index (Phi) is 5.16. The van der Waals surface area contributed by atoms with Crippen LogP contribution in [-0.4, -0.2) is 19.0 Å². The molecule has 0 fully saturated rings. The molecular weight excluding hydrogens is 218 g/mol. The van der Waals surface area contributed by atoms with E-state index in [1.54, 1.807) is 18.9 Å². The predicted octanol–water partition coefficient (Wildman–Crippen LogP) is 3.36. The average molecular weight is 239 g/mol. The van der Waals surface area contributed by atoms with Crippen LogP contribution < -0.4 is 10.1 Å². The quantitative estimate of drug-likeness (QED) is 0.629. The van der Waals surface area contributed by atoms with Crippen LogP contribution >= 0.6 is 11.8 Å². The third-order valence-electron chi connectivity index (χ3n) is 2.50. The molecule has 0 aliphatic carbocycles. The fourth-order valence-corrected chi connectivity index (χ4v) is 2.44. The maximum Gasteiger partial charge on any atom is 0.132 e. The van der Waals surface area contributed by atoms with Crippen LogP contribution in [0, 0.1) is 13.8 Å². The Balaban J connectivity index is 2.74. The number of hydrogen-bond acceptors (Lipinski definition) is 3. The van der Waals surface area contributed by atoms with E-state index in [2.05, 4.69) is 45.1 Å². The van der Waals surface area contributed by atoms with Gasteiger partial charge < -0.3 is 10.1 Å². The summed E-state index contributed by atoms with van der Waals surface area (Å²) in [4.78, 5) is 1.21. The molecule has 0 saturated carbocycles. The van der Waals surface area contributed by atoms with Crippen molar-refractivity contribution in [3.8, 4) is 5.75 Å². The number of nitrogens with one attached hydrogen (secondary N) is 1. The number of thioether (sulfide) groups is 1. The summed E-state index contributed by atoms with van der Waals surface area (Å²) in [6, 6.07) is 4.82. The van der Waals surface area contributed by atoms with Gasteiger partial charge in [-0.3, -0.25) is 0 Å². The van der Waals surface area contributed by atoms with E-state index in [0.717, 1.165) is 11.6 Å². The van der Waals surface area contributed by atoms with Crippen LogP contribution in [0.1, 0.15) is 25.0 Å². The summed E-state index contributed by atoms with van der Waals surface area (Å²) in [6.45, 7) is 8.55. The van der Waals surface area contributed by atoms with E-state index in [4.69, 9.17) is 4.74 Å². The van der Waals surface area contributed by atoms with Crippen LogP contribution in [-0.2, 0) is 0 Å². The van der Waals surface area contributed by atoms with Crippen molar-refractivity contribution in [1.82, 2.24) is 5.32 Å². The van der Waals surface area contributed by atoms with Gasteiger partial charge in [0.2, 0.25) is 0 Å². The molecule has 16 heavy (non-hydrogen) atoms. The summed E-state index contributed by atoms with van der Waals surface area (Å²) in [7, 11) is 1.73. The molecule has 0 spiro atoms. The van der Waals surface area contributed by atoms with Gasteiger partial charge in [0, 0.05) is 11.9 Å². The van der Waals surface area contributed by atoms with Gasteiger partial charge in [0.05, 0.1) is 12.0 Å². The van der Waals surface area contributed by atoms with Crippen molar-refractivity contribution >= 4 is 11.8 Å². The molecule has 0 radical (unpaired) electrons. The highest BCUT2D eigenvalue weighted by Crippen LogP contribution is 2.31. The molecule has 0 aliphatic heterocycles. The summed E-state index contributed by atoms with van der Waals surface area (Å²) in [5, 5.41) is 3.39. The molecule has 0 atom stereocenters. The van der Waals surface area contributed by atoms with Crippen molar-refractivity contribution in [2.75, 3.05) is 13.0 Å². The number of methoxy groups -OCH3 is 1. The second-order valence-corrected chi connectivity index (χ2v) is 5.25. The number of aryl methyl sites for hydroxylation is 2. The molecule has 2 nitrogen and oxygen atoms in total. The molecule has 1 rings (SSSR count). The smallest absolute Gasteiger partial charge is 0.132 e. The molecule has 0 aromatic heterocycles. The molecule has 1 aromatic carbocycles. The average Bonchev–Trinajstić information content (AvgIpc) is 2.22. The van der Waals surface area contributed by atoms with E-state index in [-0.39, 0.29) is 0 Å². The van der Waals surface area contributed by atoms with E-state index < -0.39 is 0 Å². The lowest BCUT2D eigenvalue weighted by atomic mass is 10.1. The summed E-state index contributed by atoms with van der Waals surface area (Å²) in [5.74, 6) is 1.88. The number of benzene rings is 1. The second kappa shape index (κ2) is 6.16. The third-order valence-corrected chi connectivity index (χ3v) is 3.44. The lowest BCUT2D eigenvalue weighted by Gasteiger charge is -2.12. The van der Waals surface area contributed by atoms with Gasteiger partial charge in [-0.05, 0) is 37.1 Å². The first-order valence-electron chi connectivity index (χ1n) is 5.56. The van der Waals surface area contributed by atoms with Gasteiger partial charge in [0.25, 0.3) is 0 Å². The van der Waals surface area contributed by atoms with Gasteiger partial charge in [-0.15, -0.1) is 11.8 Å². The largest absolute Gasteiger partial charge is 0.496 e. The van der Waals surface area contributed by atoms with Crippen molar-refractivity contribution in [2.45, 2.75) is 38.6 Å². The van der Waals surface area contributed by atoms with Gasteiger partial charge in [-0.2, -0.15) is 0 Å². The minimum atomic E-state index is 0.519. The Morgan fingerprint density at radius 3 is 2.44 bits per heavy atom. The molecular formula is C13H21NOS. The SMILES string of the molecule is COc1cc(C)c(C)cc1SCNC(C)C. The first-order valence-corrected chi connectivity index (χ1v) is 6.54. The molecule has 1 N–H and O–H groups in total. The first kappa shape index (κ1) is 13.4. The highest BCUT2D eigenvalue weighted by Gasteiger charge is 2.06. The predicted molar refractivity (Wildman–Crippen MR) is 71.5 cm³/mol. The standard InChI is InChI=1S/C13H21NOS/c1-9(2)14-8-16-13-7-11(4)10(3)6-12(13)15-5/h6-7,9,14H,8H2,1-5H3. The topological polar surface area (TPSA) is 21.3 Å². The molecule has 90 valence electrons. The Hall–Kier alpha value is -0.670. The number of hydrogen-bond donors (Lipinski definition) is 1. The zero-order valence-corrected chi connectivity index (χ0v) is 11.6. The van der Waals surface area contributed by atoms with Gasteiger partial charge in [0.15, 0.2) is 0 Å². The van der Waals surface area contributed by atoms with Crippen molar-refractivity contribution < 1.29 is 4.74 Å². The number of rotatable bonds is 5. The van der Waals surface area contributed by atoms with Crippen LogP contribution in [0.3, 0.4) is 0 Å². The lowest BCUT2D eigenvalue weighted by molar-refractivity contribution is 0.404. The van der Waals surface area contributed by atoms with Crippen LogP contribution in [0.4, 0.5) is 0 Å². The summed E-state index contributed by atoms with van der Waals surface area (Å²) in [6.07, 6.45) is 0. The fourth-order valence-electron chi connectivity index (χ4n) is 1.32. The first-order chi connectivity index (χ1) is 7.54. The Bertz CT molecular complexity index is 350. The molecule has 0 aliphatic rings. The van der Waals surface area contributed by atoms with Crippen LogP contribution in [0.15, 0.2) is 17.0 Å². The van der Waals surface area contributed by atoms with Gasteiger partial charge >= 0.3 is 0 Å². The molecule has 1 aromatic rings. The van der Waals surface area contributed by atoms with Gasteiger partial charge in [-0.1, -0.05) is 13.8 Å². The normalized spacial score (nSPS) is 10.9. The highest BCUT2D eigenvalue weighted by atomic mass is 32.2. The van der Waals surface area contributed by atoms with Gasteiger partial charge in [-0.25, -0.2) is 0 Å². The monoisotopic (exact) mass is 239 g/mol. The van der Waals surface area contributed by atoms with Gasteiger partial charge in [0.1, 0.15) is 5.75 Å². The van der Waals surface area contributed by atoms with Crippen LogP contribution in [0.2, 0.25) is 0 Å². The summed E-state index contributed by atoms with van der Waals surface area (Å²) in [5.41, 5.74) is 2.59. The molecule has 0 heterocycles. The minimum Gasteiger partial charge on any atom is -0.496 e. The van der Waals surface area contributed by atoms with Crippen LogP contribution in [0.25, 0.3) is 0 Å². The summed E-state index contributed by atoms with van der Waals surface area (Å²) < 4.78 is 5.39. The third kappa shape index (κ3) is 3.72. The molecule has 0 amide bonds. The molecule has 3 heteroatoms. The Morgan fingerprint density at radius 2 is 1.88 bits per heavy atom. The highest BCUT2D eigenvalue weighted by molar-refractivity contribution is 7.99. The van der Waals surface area contributed by atoms with Crippen LogP contribution in [0.5, 0.6) is 5.75 Å². The second-order valence-electron chi connectivity index (χ2n) is 4.23. The van der Waals surface area contributed by atoms with E-state index >= 15 is 0 Å². The Morgan fingerprint density at radius 1 is 1.25 bits per heavy atom. The zero-order valence-electron chi connectivity index (χ0n) is 10.8. The lowest BCUT2D eigenvalue weighted by Crippen LogP contribution is -2.21. The van der Waals surface area contributed by atoms with Crippen molar-refractivity contribution in [3.05, 3.63) is 23.3 Å². The molecule has 0 unspecified atom stereocenters. The fraction of sp³-hybridized carbons (Fsp3) is 0.538. The summed E-state index contributed by atoms with van der Waals surface area (Å²) >= 11 is 1.79. The maximum atomic E-state index is 5.39. The van der Waals surface area contributed by atoms with E-state index in [1.165, 1.54) is 16.0 Å². The van der Waals surface area contributed by atoms with E-state index in [9.17, 15) is 0 Å². The molecule has 0 bridgehead atoms. The minimum absolute atomic E-state index is 0.519. The van der Waals surface area contributed by atoms with E-state index in [0.29, 0.717) is 6.04 Å².